The Hall–Kier alpha value is -7.24. The zero-order valence-corrected chi connectivity index (χ0v) is 58.9. The first kappa shape index (κ1) is 59.8. The Morgan fingerprint density at radius 1 is 0.467 bits per heavy atom. The van der Waals surface area contributed by atoms with Gasteiger partial charge in [0.25, 0.3) is 6.71 Å². The summed E-state index contributed by atoms with van der Waals surface area (Å²) in [5, 5.41) is 3.78. The highest BCUT2D eigenvalue weighted by Gasteiger charge is 2.52. The predicted molar refractivity (Wildman–Crippen MR) is 394 cm³/mol. The predicted octanol–water partition coefficient (Wildman–Crippen LogP) is 22.1. The molecule has 5 heteroatoms. The maximum absolute atomic E-state index is 8.12. The fourth-order valence-electron chi connectivity index (χ4n) is 18.4. The minimum atomic E-state index is -0.225. The Morgan fingerprint density at radius 3 is 1.55 bits per heavy atom. The van der Waals surface area contributed by atoms with Crippen molar-refractivity contribution >= 4 is 90.2 Å². The summed E-state index contributed by atoms with van der Waals surface area (Å²) in [6, 6.07) is 56.9. The van der Waals surface area contributed by atoms with Crippen LogP contribution < -0.4 is 26.4 Å². The van der Waals surface area contributed by atoms with Crippen molar-refractivity contribution in [3.8, 4) is 16.8 Å². The Morgan fingerprint density at radius 2 is 0.989 bits per heavy atom. The van der Waals surface area contributed by atoms with E-state index in [1.807, 2.05) is 0 Å². The van der Waals surface area contributed by atoms with E-state index in [1.54, 1.807) is 0 Å². The molecule has 2 aromatic heterocycles. The Kier molecular flexibility index (Phi) is 12.6. The van der Waals surface area contributed by atoms with E-state index in [0.29, 0.717) is 11.8 Å². The quantitative estimate of drug-likeness (QED) is 0.164. The molecular formula is C87H98BN3O. The lowest BCUT2D eigenvalue weighted by Crippen LogP contribution is -2.61. The minimum absolute atomic E-state index is 0.0144. The zero-order chi connectivity index (χ0) is 64.7. The first-order chi connectivity index (χ1) is 43.2. The first-order valence-electron chi connectivity index (χ1n) is 35.2. The fraction of sp³-hybridized carbons (Fsp3) is 0.425. The highest BCUT2D eigenvalue weighted by Crippen LogP contribution is 2.58. The second-order valence-corrected chi connectivity index (χ2v) is 35.9. The molecule has 4 nitrogen and oxygen atoms in total. The van der Waals surface area contributed by atoms with Gasteiger partial charge >= 0.3 is 0 Å². The van der Waals surface area contributed by atoms with Crippen molar-refractivity contribution in [3.05, 3.63) is 190 Å². The Balaban J connectivity index is 1.12. The average Bonchev–Trinajstić information content (AvgIpc) is 1.25. The SMILES string of the molecule is CC1CC[C@]2(C)CC1Cc1cc3c4c(oc3cc12)B1c2cc3c(cc2N(c2ccc(C(C)(C)C)cc2)c2cc(-n5c6cc(C(C)(C)C)ccc6c6ccc(C(C)(C)C)cc65)cc(c21)N4c1cc2c(cc1-c1ccccc1)C(C)(C)CCC2(C)C)C(C)(C)CCC3(C)C. The number of fused-ring (bicyclic) bond motifs is 15. The third-order valence-corrected chi connectivity index (χ3v) is 24.7. The van der Waals surface area contributed by atoms with E-state index < -0.39 is 0 Å². The van der Waals surface area contributed by atoms with E-state index in [2.05, 4.69) is 285 Å². The largest absolute Gasteiger partial charge is 0.468 e. The van der Waals surface area contributed by atoms with Gasteiger partial charge in [-0.15, -0.1) is 0 Å². The van der Waals surface area contributed by atoms with Gasteiger partial charge in [-0.2, -0.15) is 0 Å². The van der Waals surface area contributed by atoms with Crippen molar-refractivity contribution in [3.63, 3.8) is 0 Å². The first-order valence-corrected chi connectivity index (χ1v) is 35.2. The summed E-state index contributed by atoms with van der Waals surface area (Å²) in [6.07, 6.45) is 9.37. The molecule has 92 heavy (non-hydrogen) atoms. The van der Waals surface area contributed by atoms with Gasteiger partial charge in [0.2, 0.25) is 0 Å². The van der Waals surface area contributed by atoms with E-state index in [-0.39, 0.29) is 50.0 Å². The van der Waals surface area contributed by atoms with Crippen molar-refractivity contribution in [2.24, 2.45) is 11.8 Å². The number of hydrogen-bond acceptors (Lipinski definition) is 3. The van der Waals surface area contributed by atoms with Gasteiger partial charge in [0.05, 0.1) is 33.8 Å². The molecule has 4 heterocycles. The van der Waals surface area contributed by atoms with Crippen LogP contribution in [0, 0.1) is 11.8 Å². The monoisotopic (exact) mass is 1210 g/mol. The number of anilines is 6. The van der Waals surface area contributed by atoms with Crippen molar-refractivity contribution in [2.75, 3.05) is 9.80 Å². The van der Waals surface area contributed by atoms with Crippen LogP contribution in [0.15, 0.2) is 144 Å². The fourth-order valence-corrected chi connectivity index (χ4v) is 18.4. The van der Waals surface area contributed by atoms with Gasteiger partial charge in [0, 0.05) is 44.5 Å². The number of hydrogen-bond donors (Lipinski definition) is 0. The number of nitrogens with zero attached hydrogens (tertiary/aromatic N) is 3. The van der Waals surface area contributed by atoms with Gasteiger partial charge < -0.3 is 18.8 Å². The molecule has 3 atom stereocenters. The van der Waals surface area contributed by atoms with Crippen molar-refractivity contribution in [1.82, 2.24) is 4.57 Å². The lowest BCUT2D eigenvalue weighted by Gasteiger charge is -2.47. The second-order valence-electron chi connectivity index (χ2n) is 35.9. The maximum Gasteiger partial charge on any atom is 0.297 e. The standard InChI is InChI=1S/C87H98BN3O/c1-51-33-34-87(19)50-54(51)39-53-40-63-76(49-64(53)87)92-79-78(63)91(72-47-67-65(83(11,12)35-37-85(67,15)16)45-62(72)52-23-21-20-22-24-52)75-44-59(90-70-41-56(81(5,6)7)27-31-60(70)61-32-28-57(42-71(61)90)82(8,9)10)43-74-77(75)88(79)69-46-66-68(86(17,18)38-36-84(66,13)14)48-73(69)89(74)58-29-25-55(26-30-58)80(2,3)4/h20-32,40-49,51,54H,33-39,50H2,1-19H3/t51?,54?,87-/m1/s1. The summed E-state index contributed by atoms with van der Waals surface area (Å²) in [4.78, 5) is 5.49. The molecule has 0 saturated heterocycles. The number of benzene rings is 8. The zero-order valence-electron chi connectivity index (χ0n) is 58.9. The van der Waals surface area contributed by atoms with Crippen LogP contribution in [-0.2, 0) is 49.7 Å². The lowest BCUT2D eigenvalue weighted by atomic mass is 9.35. The third kappa shape index (κ3) is 8.87. The molecule has 0 amide bonds. The van der Waals surface area contributed by atoms with Crippen LogP contribution in [0.5, 0.6) is 0 Å². The van der Waals surface area contributed by atoms with E-state index in [0.717, 1.165) is 49.0 Å². The van der Waals surface area contributed by atoms with Crippen LogP contribution in [0.2, 0.25) is 0 Å². The summed E-state index contributed by atoms with van der Waals surface area (Å²) in [5.74, 6) is 1.36. The summed E-state index contributed by atoms with van der Waals surface area (Å²) < 4.78 is 10.8. The molecule has 4 aliphatic carbocycles. The van der Waals surface area contributed by atoms with Gasteiger partial charge in [0.15, 0.2) is 0 Å². The highest BCUT2D eigenvalue weighted by molar-refractivity contribution is 7.00. The van der Waals surface area contributed by atoms with Crippen molar-refractivity contribution < 1.29 is 4.42 Å². The molecule has 8 aromatic carbocycles. The van der Waals surface area contributed by atoms with Gasteiger partial charge in [-0.1, -0.05) is 204 Å². The van der Waals surface area contributed by atoms with Gasteiger partial charge in [0.1, 0.15) is 5.58 Å². The minimum Gasteiger partial charge on any atom is -0.468 e. The van der Waals surface area contributed by atoms with Gasteiger partial charge in [-0.25, -0.2) is 0 Å². The number of furan rings is 1. The van der Waals surface area contributed by atoms with Crippen LogP contribution in [0.4, 0.5) is 34.1 Å². The molecule has 6 aliphatic rings. The summed E-state index contributed by atoms with van der Waals surface area (Å²) in [7, 11) is 0. The summed E-state index contributed by atoms with van der Waals surface area (Å²) in [5.41, 5.74) is 30.7. The molecule has 2 bridgehead atoms. The van der Waals surface area contributed by atoms with Crippen molar-refractivity contribution in [1.29, 1.82) is 0 Å². The molecule has 1 saturated carbocycles. The average molecular weight is 1210 g/mol. The van der Waals surface area contributed by atoms with Crippen LogP contribution in [-0.4, -0.2) is 11.3 Å². The lowest BCUT2D eigenvalue weighted by molar-refractivity contribution is 0.154. The molecule has 0 N–H and O–H groups in total. The Labute approximate surface area is 550 Å². The van der Waals surface area contributed by atoms with Crippen molar-refractivity contribution in [2.45, 2.75) is 226 Å². The molecule has 0 spiro atoms. The molecule has 10 aromatic rings. The summed E-state index contributed by atoms with van der Waals surface area (Å²) >= 11 is 0. The highest BCUT2D eigenvalue weighted by atomic mass is 16.3. The molecule has 2 unspecified atom stereocenters. The molecule has 1 fully saturated rings. The number of rotatable bonds is 4. The number of aromatic nitrogens is 1. The van der Waals surface area contributed by atoms with Crippen LogP contribution in [0.1, 0.15) is 227 Å². The third-order valence-electron chi connectivity index (χ3n) is 24.7. The smallest absolute Gasteiger partial charge is 0.297 e. The van der Waals surface area contributed by atoms with E-state index >= 15 is 0 Å². The molecular weight excluding hydrogens is 1110 g/mol. The second kappa shape index (κ2) is 19.4. The summed E-state index contributed by atoms with van der Waals surface area (Å²) in [6.45, 7) is 46.1. The molecule has 470 valence electrons. The van der Waals surface area contributed by atoms with Gasteiger partial charge in [-0.05, 0) is 240 Å². The molecule has 2 aliphatic heterocycles. The molecule has 0 radical (unpaired) electrons. The van der Waals surface area contributed by atoms with E-state index in [9.17, 15) is 0 Å². The normalized spacial score (nSPS) is 21.6. The molecule has 16 rings (SSSR count). The van der Waals surface area contributed by atoms with Crippen LogP contribution in [0.25, 0.3) is 49.6 Å². The van der Waals surface area contributed by atoms with Crippen LogP contribution >= 0.6 is 0 Å². The Bertz CT molecular complexity index is 4680. The van der Waals surface area contributed by atoms with Crippen LogP contribution in [0.3, 0.4) is 0 Å². The van der Waals surface area contributed by atoms with E-state index in [1.165, 1.54) is 153 Å². The topological polar surface area (TPSA) is 24.6 Å². The maximum atomic E-state index is 8.12. The van der Waals surface area contributed by atoms with E-state index in [4.69, 9.17) is 4.42 Å². The van der Waals surface area contributed by atoms with Gasteiger partial charge in [-0.3, -0.25) is 0 Å².